The van der Waals surface area contributed by atoms with Crippen LogP contribution in [0.3, 0.4) is 0 Å². The number of pyridine rings is 1. The third kappa shape index (κ3) is 4.64. The lowest BCUT2D eigenvalue weighted by Crippen LogP contribution is -2.34. The number of nitrogens with one attached hydrogen (secondary N) is 1. The number of likely N-dealkylation sites (N-methyl/N-ethyl adjacent to an activating group) is 1. The van der Waals surface area contributed by atoms with Crippen LogP contribution in [-0.2, 0) is 11.3 Å². The molecule has 1 N–H and O–H groups in total. The number of hydrogen-bond acceptors (Lipinski definition) is 4. The van der Waals surface area contributed by atoms with Gasteiger partial charge in [-0.3, -0.25) is 0 Å². The van der Waals surface area contributed by atoms with Crippen molar-refractivity contribution in [3.63, 3.8) is 0 Å². The molecule has 1 atom stereocenters. The highest BCUT2D eigenvalue weighted by atomic mass is 19.1. The molecule has 0 saturated carbocycles. The van der Waals surface area contributed by atoms with Gasteiger partial charge in [0.05, 0.1) is 12.3 Å². The Hall–Kier alpha value is -1.20. The fraction of sp³-hybridized carbons (Fsp3) is 0.688. The minimum absolute atomic E-state index is 0.266. The van der Waals surface area contributed by atoms with Crippen molar-refractivity contribution in [2.24, 2.45) is 0 Å². The molecule has 1 unspecified atom stereocenters. The van der Waals surface area contributed by atoms with Gasteiger partial charge in [0, 0.05) is 37.8 Å². The zero-order chi connectivity index (χ0) is 15.2. The maximum atomic E-state index is 13.5. The highest BCUT2D eigenvalue weighted by Crippen LogP contribution is 2.22. The van der Waals surface area contributed by atoms with Crippen molar-refractivity contribution >= 4 is 5.82 Å². The molecule has 0 amide bonds. The van der Waals surface area contributed by atoms with Gasteiger partial charge >= 0.3 is 0 Å². The molecule has 2 rings (SSSR count). The van der Waals surface area contributed by atoms with Crippen molar-refractivity contribution in [3.8, 4) is 0 Å². The Bertz CT molecular complexity index is 447. The standard InChI is InChI=1S/C16H26FN3O/c1-4-20(11-15-6-5-7-21-15)16-13(9-18-12(2)3)8-14(17)10-19-16/h8,10,12,15,18H,4-7,9,11H2,1-3H3. The van der Waals surface area contributed by atoms with Crippen molar-refractivity contribution in [3.05, 3.63) is 23.6 Å². The molecule has 5 heteroatoms. The van der Waals surface area contributed by atoms with Crippen molar-refractivity contribution < 1.29 is 9.13 Å². The fourth-order valence-corrected chi connectivity index (χ4v) is 2.60. The molecular weight excluding hydrogens is 269 g/mol. The van der Waals surface area contributed by atoms with Crippen LogP contribution < -0.4 is 10.2 Å². The number of nitrogens with zero attached hydrogens (tertiary/aromatic N) is 2. The Morgan fingerprint density at radius 2 is 2.33 bits per heavy atom. The highest BCUT2D eigenvalue weighted by molar-refractivity contribution is 5.47. The first kappa shape index (κ1) is 16.2. The SMILES string of the molecule is CCN(CC1CCCO1)c1ncc(F)cc1CNC(C)C. The number of hydrogen-bond donors (Lipinski definition) is 1. The average molecular weight is 295 g/mol. The molecule has 1 saturated heterocycles. The van der Waals surface area contributed by atoms with Crippen molar-refractivity contribution in [1.29, 1.82) is 0 Å². The van der Waals surface area contributed by atoms with Gasteiger partial charge in [0.2, 0.25) is 0 Å². The Balaban J connectivity index is 2.13. The predicted molar refractivity (Wildman–Crippen MR) is 83.0 cm³/mol. The summed E-state index contributed by atoms with van der Waals surface area (Å²) in [6, 6.07) is 1.94. The van der Waals surface area contributed by atoms with E-state index in [1.54, 1.807) is 6.07 Å². The molecule has 1 fully saturated rings. The maximum Gasteiger partial charge on any atom is 0.141 e. The number of rotatable bonds is 7. The van der Waals surface area contributed by atoms with E-state index < -0.39 is 0 Å². The van der Waals surface area contributed by atoms with E-state index in [2.05, 4.69) is 36.0 Å². The minimum Gasteiger partial charge on any atom is -0.376 e. The van der Waals surface area contributed by atoms with E-state index in [4.69, 9.17) is 4.74 Å². The van der Waals surface area contributed by atoms with E-state index in [9.17, 15) is 4.39 Å². The maximum absolute atomic E-state index is 13.5. The largest absolute Gasteiger partial charge is 0.376 e. The smallest absolute Gasteiger partial charge is 0.141 e. The van der Waals surface area contributed by atoms with Crippen LogP contribution >= 0.6 is 0 Å². The van der Waals surface area contributed by atoms with Gasteiger partial charge in [0.15, 0.2) is 0 Å². The second-order valence-corrected chi connectivity index (χ2v) is 5.85. The van der Waals surface area contributed by atoms with Crippen LogP contribution in [0.15, 0.2) is 12.3 Å². The molecule has 0 spiro atoms. The number of ether oxygens (including phenoxy) is 1. The summed E-state index contributed by atoms with van der Waals surface area (Å²) >= 11 is 0. The molecule has 4 nitrogen and oxygen atoms in total. The Morgan fingerprint density at radius 3 is 2.95 bits per heavy atom. The summed E-state index contributed by atoms with van der Waals surface area (Å²) in [6.07, 6.45) is 3.78. The van der Waals surface area contributed by atoms with Crippen LogP contribution in [0.25, 0.3) is 0 Å². The van der Waals surface area contributed by atoms with Crippen molar-refractivity contribution in [2.45, 2.75) is 52.3 Å². The van der Waals surface area contributed by atoms with Crippen molar-refractivity contribution in [1.82, 2.24) is 10.3 Å². The second-order valence-electron chi connectivity index (χ2n) is 5.85. The summed E-state index contributed by atoms with van der Waals surface area (Å²) in [7, 11) is 0. The molecule has 118 valence electrons. The van der Waals surface area contributed by atoms with E-state index >= 15 is 0 Å². The molecule has 0 aliphatic carbocycles. The minimum atomic E-state index is -0.285. The summed E-state index contributed by atoms with van der Waals surface area (Å²) in [5.41, 5.74) is 0.906. The average Bonchev–Trinajstić information content (AvgIpc) is 2.96. The van der Waals surface area contributed by atoms with Crippen LogP contribution in [0.4, 0.5) is 10.2 Å². The Kier molecular flexibility index (Phi) is 5.94. The molecule has 2 heterocycles. The summed E-state index contributed by atoms with van der Waals surface area (Å²) in [6.45, 7) is 9.39. The predicted octanol–water partition coefficient (Wildman–Crippen LogP) is 2.72. The zero-order valence-corrected chi connectivity index (χ0v) is 13.2. The summed E-state index contributed by atoms with van der Waals surface area (Å²) < 4.78 is 19.2. The molecular formula is C16H26FN3O. The van der Waals surface area contributed by atoms with Gasteiger partial charge in [-0.1, -0.05) is 13.8 Å². The topological polar surface area (TPSA) is 37.4 Å². The van der Waals surface area contributed by atoms with Gasteiger partial charge in [0.1, 0.15) is 11.6 Å². The molecule has 1 aromatic rings. The van der Waals surface area contributed by atoms with E-state index in [0.29, 0.717) is 12.6 Å². The Morgan fingerprint density at radius 1 is 1.52 bits per heavy atom. The second kappa shape index (κ2) is 7.71. The molecule has 0 bridgehead atoms. The van der Waals surface area contributed by atoms with Gasteiger partial charge in [-0.15, -0.1) is 0 Å². The lowest BCUT2D eigenvalue weighted by molar-refractivity contribution is 0.115. The van der Waals surface area contributed by atoms with E-state index in [0.717, 1.165) is 43.9 Å². The third-order valence-electron chi connectivity index (χ3n) is 3.74. The first-order chi connectivity index (χ1) is 10.1. The van der Waals surface area contributed by atoms with Crippen LogP contribution in [0.1, 0.15) is 39.2 Å². The molecule has 1 aromatic heterocycles. The van der Waals surface area contributed by atoms with Gasteiger partial charge < -0.3 is 15.0 Å². The van der Waals surface area contributed by atoms with Crippen LogP contribution in [0.5, 0.6) is 0 Å². The van der Waals surface area contributed by atoms with E-state index in [1.807, 2.05) is 0 Å². The molecule has 0 radical (unpaired) electrons. The monoisotopic (exact) mass is 295 g/mol. The third-order valence-corrected chi connectivity index (χ3v) is 3.74. The van der Waals surface area contributed by atoms with Crippen LogP contribution in [-0.4, -0.2) is 36.8 Å². The van der Waals surface area contributed by atoms with Crippen molar-refractivity contribution in [2.75, 3.05) is 24.6 Å². The molecule has 21 heavy (non-hydrogen) atoms. The molecule has 1 aliphatic heterocycles. The Labute approximate surface area is 126 Å². The lowest BCUT2D eigenvalue weighted by atomic mass is 10.2. The summed E-state index contributed by atoms with van der Waals surface area (Å²) in [5, 5.41) is 3.34. The van der Waals surface area contributed by atoms with Gasteiger partial charge in [-0.2, -0.15) is 0 Å². The number of halogens is 1. The first-order valence-corrected chi connectivity index (χ1v) is 7.84. The summed E-state index contributed by atoms with van der Waals surface area (Å²) in [5.74, 6) is 0.579. The fourth-order valence-electron chi connectivity index (χ4n) is 2.60. The number of anilines is 1. The highest BCUT2D eigenvalue weighted by Gasteiger charge is 2.21. The van der Waals surface area contributed by atoms with Gasteiger partial charge in [-0.05, 0) is 25.8 Å². The van der Waals surface area contributed by atoms with Gasteiger partial charge in [-0.25, -0.2) is 9.37 Å². The van der Waals surface area contributed by atoms with E-state index in [-0.39, 0.29) is 11.9 Å². The van der Waals surface area contributed by atoms with E-state index in [1.165, 1.54) is 6.20 Å². The summed E-state index contributed by atoms with van der Waals surface area (Å²) in [4.78, 5) is 6.51. The quantitative estimate of drug-likeness (QED) is 0.839. The lowest BCUT2D eigenvalue weighted by Gasteiger charge is -2.27. The first-order valence-electron chi connectivity index (χ1n) is 7.84. The number of aromatic nitrogens is 1. The molecule has 1 aliphatic rings. The normalized spacial score (nSPS) is 18.4. The zero-order valence-electron chi connectivity index (χ0n) is 13.2. The van der Waals surface area contributed by atoms with Crippen LogP contribution in [0, 0.1) is 5.82 Å². The van der Waals surface area contributed by atoms with Gasteiger partial charge in [0.25, 0.3) is 0 Å². The van der Waals surface area contributed by atoms with Crippen LogP contribution in [0.2, 0.25) is 0 Å². The molecule has 0 aromatic carbocycles.